The Morgan fingerprint density at radius 3 is 2.56 bits per heavy atom. The predicted molar refractivity (Wildman–Crippen MR) is 99.1 cm³/mol. The predicted octanol–water partition coefficient (Wildman–Crippen LogP) is 3.70. The molecule has 0 aromatic heterocycles. The molecule has 3 atom stereocenters. The van der Waals surface area contributed by atoms with Crippen LogP contribution in [0.2, 0.25) is 0 Å². The molecule has 2 rings (SSSR count). The normalized spacial score (nSPS) is 22.2. The van der Waals surface area contributed by atoms with Crippen molar-refractivity contribution in [3.8, 4) is 0 Å². The largest absolute Gasteiger partial charge is 0.467 e. The summed E-state index contributed by atoms with van der Waals surface area (Å²) in [7, 11) is 1.38. The van der Waals surface area contributed by atoms with E-state index in [0.29, 0.717) is 18.9 Å². The van der Waals surface area contributed by atoms with Crippen LogP contribution in [0.5, 0.6) is 0 Å². The average Bonchev–Trinajstić information content (AvgIpc) is 2.65. The van der Waals surface area contributed by atoms with E-state index in [1.807, 2.05) is 43.3 Å². The molecule has 25 heavy (non-hydrogen) atoms. The Morgan fingerprint density at radius 1 is 1.32 bits per heavy atom. The van der Waals surface area contributed by atoms with Gasteiger partial charge in [-0.3, -0.25) is 4.79 Å². The molecule has 4 nitrogen and oxygen atoms in total. The Bertz CT molecular complexity index is 650. The molecule has 1 aromatic carbocycles. The standard InChI is InChI=1S/C21H27NO3/c1-5-16(6-2)19(17-10-8-7-9-11-17)20(23)22-13-12-15(3)14-18(22)21(24)25-4/h5-11,15,18-19H,1,12-14H2,2-4H3/b16-6+/t15-,18+,19?/m1/s1. The lowest BCUT2D eigenvalue weighted by molar-refractivity contribution is -0.155. The van der Waals surface area contributed by atoms with Crippen molar-refractivity contribution < 1.29 is 14.3 Å². The summed E-state index contributed by atoms with van der Waals surface area (Å²) in [6.07, 6.45) is 5.15. The number of benzene rings is 1. The molecule has 1 saturated heterocycles. The second kappa shape index (κ2) is 8.65. The summed E-state index contributed by atoms with van der Waals surface area (Å²) in [6.45, 7) is 8.43. The molecule has 0 aliphatic carbocycles. The minimum Gasteiger partial charge on any atom is -0.467 e. The van der Waals surface area contributed by atoms with Crippen molar-refractivity contribution in [1.29, 1.82) is 0 Å². The molecular weight excluding hydrogens is 314 g/mol. The van der Waals surface area contributed by atoms with E-state index in [-0.39, 0.29) is 11.9 Å². The number of ether oxygens (including phenoxy) is 1. The van der Waals surface area contributed by atoms with Gasteiger partial charge < -0.3 is 9.64 Å². The fourth-order valence-electron chi connectivity index (χ4n) is 3.46. The Hall–Kier alpha value is -2.36. The fourth-order valence-corrected chi connectivity index (χ4v) is 3.46. The van der Waals surface area contributed by atoms with Crippen LogP contribution in [-0.2, 0) is 14.3 Å². The van der Waals surface area contributed by atoms with Crippen molar-refractivity contribution in [2.75, 3.05) is 13.7 Å². The van der Waals surface area contributed by atoms with Crippen LogP contribution in [0.15, 0.2) is 54.6 Å². The zero-order valence-electron chi connectivity index (χ0n) is 15.3. The topological polar surface area (TPSA) is 46.6 Å². The van der Waals surface area contributed by atoms with Crippen molar-refractivity contribution in [3.63, 3.8) is 0 Å². The lowest BCUT2D eigenvalue weighted by Crippen LogP contribution is -2.51. The van der Waals surface area contributed by atoms with Gasteiger partial charge in [0.2, 0.25) is 5.91 Å². The van der Waals surface area contributed by atoms with Crippen LogP contribution in [0.4, 0.5) is 0 Å². The Labute approximate surface area is 150 Å². The van der Waals surface area contributed by atoms with Crippen LogP contribution in [0.25, 0.3) is 0 Å². The van der Waals surface area contributed by atoms with Crippen LogP contribution in [0.3, 0.4) is 0 Å². The smallest absolute Gasteiger partial charge is 0.328 e. The van der Waals surface area contributed by atoms with Gasteiger partial charge in [0.05, 0.1) is 13.0 Å². The molecule has 1 aliphatic heterocycles. The summed E-state index contributed by atoms with van der Waals surface area (Å²) in [5.41, 5.74) is 1.75. The zero-order chi connectivity index (χ0) is 18.4. The van der Waals surface area contributed by atoms with E-state index < -0.39 is 12.0 Å². The van der Waals surface area contributed by atoms with Gasteiger partial charge in [-0.2, -0.15) is 0 Å². The maximum atomic E-state index is 13.4. The Kier molecular flexibility index (Phi) is 6.57. The third kappa shape index (κ3) is 4.19. The van der Waals surface area contributed by atoms with Gasteiger partial charge in [0.15, 0.2) is 0 Å². The number of piperidine rings is 1. The molecule has 1 aromatic rings. The monoisotopic (exact) mass is 341 g/mol. The van der Waals surface area contributed by atoms with E-state index in [9.17, 15) is 9.59 Å². The minimum atomic E-state index is -0.518. The minimum absolute atomic E-state index is 0.0681. The average molecular weight is 341 g/mol. The van der Waals surface area contributed by atoms with Crippen LogP contribution in [0, 0.1) is 5.92 Å². The highest BCUT2D eigenvalue weighted by Crippen LogP contribution is 2.32. The lowest BCUT2D eigenvalue weighted by atomic mass is 9.86. The number of likely N-dealkylation sites (tertiary alicyclic amines) is 1. The summed E-state index contributed by atoms with van der Waals surface area (Å²) in [5.74, 6) is -0.470. The fraction of sp³-hybridized carbons (Fsp3) is 0.429. The quantitative estimate of drug-likeness (QED) is 0.606. The van der Waals surface area contributed by atoms with Crippen LogP contribution in [0.1, 0.15) is 38.2 Å². The molecule has 134 valence electrons. The van der Waals surface area contributed by atoms with Crippen molar-refractivity contribution in [1.82, 2.24) is 4.90 Å². The van der Waals surface area contributed by atoms with Crippen molar-refractivity contribution >= 4 is 11.9 Å². The SMILES string of the molecule is C=C/C(=C\C)C(C(=O)N1CC[C@@H](C)C[C@H]1C(=O)OC)c1ccccc1. The number of carbonyl (C=O) groups is 2. The molecule has 0 spiro atoms. The van der Waals surface area contributed by atoms with Gasteiger partial charge in [-0.1, -0.05) is 56.0 Å². The van der Waals surface area contributed by atoms with Gasteiger partial charge in [-0.05, 0) is 36.8 Å². The third-order valence-electron chi connectivity index (χ3n) is 4.90. The highest BCUT2D eigenvalue weighted by atomic mass is 16.5. The summed E-state index contributed by atoms with van der Waals surface area (Å²) in [5, 5.41) is 0. The third-order valence-corrected chi connectivity index (χ3v) is 4.90. The number of allylic oxidation sites excluding steroid dienone is 2. The van der Waals surface area contributed by atoms with E-state index in [4.69, 9.17) is 4.74 Å². The van der Waals surface area contributed by atoms with Crippen LogP contribution in [-0.4, -0.2) is 36.5 Å². The first-order valence-corrected chi connectivity index (χ1v) is 8.75. The number of carbonyl (C=O) groups excluding carboxylic acids is 2. The molecule has 1 heterocycles. The Balaban J connectivity index is 2.40. The molecule has 0 radical (unpaired) electrons. The maximum absolute atomic E-state index is 13.4. The van der Waals surface area contributed by atoms with Gasteiger partial charge in [0.25, 0.3) is 0 Å². The van der Waals surface area contributed by atoms with E-state index in [0.717, 1.165) is 17.6 Å². The van der Waals surface area contributed by atoms with E-state index in [1.54, 1.807) is 11.0 Å². The molecule has 1 amide bonds. The van der Waals surface area contributed by atoms with Gasteiger partial charge in [-0.15, -0.1) is 0 Å². The lowest BCUT2D eigenvalue weighted by Gasteiger charge is -2.38. The summed E-state index contributed by atoms with van der Waals surface area (Å²) < 4.78 is 4.95. The van der Waals surface area contributed by atoms with Crippen molar-refractivity contribution in [2.24, 2.45) is 5.92 Å². The summed E-state index contributed by atoms with van der Waals surface area (Å²) in [4.78, 5) is 27.4. The van der Waals surface area contributed by atoms with E-state index >= 15 is 0 Å². The molecule has 1 fully saturated rings. The highest BCUT2D eigenvalue weighted by molar-refractivity contribution is 5.91. The maximum Gasteiger partial charge on any atom is 0.328 e. The molecule has 1 unspecified atom stereocenters. The first-order valence-electron chi connectivity index (χ1n) is 8.75. The van der Waals surface area contributed by atoms with Crippen molar-refractivity contribution in [3.05, 3.63) is 60.2 Å². The highest BCUT2D eigenvalue weighted by Gasteiger charge is 2.39. The molecular formula is C21H27NO3. The molecule has 1 aliphatic rings. The number of methoxy groups -OCH3 is 1. The van der Waals surface area contributed by atoms with Crippen molar-refractivity contribution in [2.45, 2.75) is 38.6 Å². The molecule has 0 saturated carbocycles. The molecule has 4 heteroatoms. The number of rotatable bonds is 5. The first kappa shape index (κ1) is 19.0. The number of nitrogens with zero attached hydrogens (tertiary/aromatic N) is 1. The van der Waals surface area contributed by atoms with Crippen LogP contribution >= 0.6 is 0 Å². The summed E-state index contributed by atoms with van der Waals surface area (Å²) >= 11 is 0. The Morgan fingerprint density at radius 2 is 2.00 bits per heavy atom. The van der Waals surface area contributed by atoms with E-state index in [2.05, 4.69) is 13.5 Å². The number of hydrogen-bond donors (Lipinski definition) is 0. The van der Waals surface area contributed by atoms with Crippen LogP contribution < -0.4 is 0 Å². The van der Waals surface area contributed by atoms with Gasteiger partial charge in [0.1, 0.15) is 6.04 Å². The summed E-state index contributed by atoms with van der Waals surface area (Å²) in [6, 6.07) is 9.12. The van der Waals surface area contributed by atoms with Gasteiger partial charge in [-0.25, -0.2) is 4.79 Å². The number of esters is 1. The van der Waals surface area contributed by atoms with E-state index in [1.165, 1.54) is 7.11 Å². The number of hydrogen-bond acceptors (Lipinski definition) is 3. The first-order chi connectivity index (χ1) is 12.0. The molecule has 0 N–H and O–H groups in total. The second-order valence-corrected chi connectivity index (χ2v) is 6.54. The van der Waals surface area contributed by atoms with Gasteiger partial charge in [0, 0.05) is 6.54 Å². The zero-order valence-corrected chi connectivity index (χ0v) is 15.3. The molecule has 0 bridgehead atoms. The van der Waals surface area contributed by atoms with Gasteiger partial charge >= 0.3 is 5.97 Å². The second-order valence-electron chi connectivity index (χ2n) is 6.54. The number of amides is 1.